The van der Waals surface area contributed by atoms with Crippen molar-refractivity contribution in [3.63, 3.8) is 0 Å². The fourth-order valence-electron chi connectivity index (χ4n) is 2.74. The molecule has 9 heteroatoms. The predicted molar refractivity (Wildman–Crippen MR) is 123 cm³/mol. The Labute approximate surface area is 189 Å². The fraction of sp³-hybridized carbons (Fsp3) is 0.227. The number of nitrogen functional groups attached to an aromatic ring is 1. The molecule has 0 aliphatic carbocycles. The summed E-state index contributed by atoms with van der Waals surface area (Å²) >= 11 is 3.51. The number of hydrogen-bond donors (Lipinski definition) is 2. The first-order chi connectivity index (χ1) is 15.0. The number of aryl methyl sites for hydroxylation is 1. The van der Waals surface area contributed by atoms with E-state index in [2.05, 4.69) is 31.3 Å². The minimum atomic E-state index is -0.223. The molecule has 162 valence electrons. The summed E-state index contributed by atoms with van der Waals surface area (Å²) in [6.45, 7) is 4.48. The topological polar surface area (TPSA) is 104 Å². The quantitative estimate of drug-likeness (QED) is 0.451. The summed E-state index contributed by atoms with van der Waals surface area (Å²) in [5.41, 5.74) is 8.37. The number of hydrogen-bond acceptors (Lipinski definition) is 6. The summed E-state index contributed by atoms with van der Waals surface area (Å²) in [7, 11) is 0. The van der Waals surface area contributed by atoms with Gasteiger partial charge in [0.05, 0.1) is 24.7 Å². The van der Waals surface area contributed by atoms with Crippen molar-refractivity contribution in [3.05, 3.63) is 70.0 Å². The summed E-state index contributed by atoms with van der Waals surface area (Å²) in [6.07, 6.45) is 3.37. The lowest BCUT2D eigenvalue weighted by Gasteiger charge is -2.14. The third-order valence-corrected chi connectivity index (χ3v) is 4.90. The zero-order chi connectivity index (χ0) is 22.2. The second-order valence-electron chi connectivity index (χ2n) is 6.63. The van der Waals surface area contributed by atoms with Crippen molar-refractivity contribution in [1.82, 2.24) is 15.0 Å². The normalized spacial score (nSPS) is 10.9. The Bertz CT molecular complexity index is 1070. The van der Waals surface area contributed by atoms with Crippen LogP contribution in [0.15, 0.2) is 58.2 Å². The van der Waals surface area contributed by atoms with Crippen LogP contribution in [0.3, 0.4) is 0 Å². The van der Waals surface area contributed by atoms with Gasteiger partial charge in [-0.05, 0) is 47.5 Å². The van der Waals surface area contributed by atoms with E-state index in [9.17, 15) is 4.79 Å². The molecule has 0 atom stereocenters. The molecule has 0 saturated carbocycles. The minimum absolute atomic E-state index is 0.127. The van der Waals surface area contributed by atoms with Crippen LogP contribution in [0, 0.1) is 6.92 Å². The lowest BCUT2D eigenvalue weighted by Crippen LogP contribution is -2.28. The SMILES string of the molecule is CCOc1cc(C=Nn2cc(C)nc2N)c(Br)cc1OCC(=O)NCc1ccccc1. The molecule has 0 fully saturated rings. The molecule has 0 aliphatic heterocycles. The number of carbonyl (C=O) groups excluding carboxylic acids is 1. The lowest BCUT2D eigenvalue weighted by molar-refractivity contribution is -0.123. The maximum atomic E-state index is 12.2. The third-order valence-electron chi connectivity index (χ3n) is 4.21. The molecule has 1 amide bonds. The maximum Gasteiger partial charge on any atom is 0.258 e. The molecule has 0 radical (unpaired) electrons. The molecule has 1 aromatic heterocycles. The molecule has 0 spiro atoms. The van der Waals surface area contributed by atoms with E-state index in [1.54, 1.807) is 24.5 Å². The zero-order valence-electron chi connectivity index (χ0n) is 17.3. The number of benzene rings is 2. The van der Waals surface area contributed by atoms with E-state index in [1.807, 2.05) is 44.2 Å². The molecule has 31 heavy (non-hydrogen) atoms. The van der Waals surface area contributed by atoms with Crippen LogP contribution in [0.25, 0.3) is 0 Å². The van der Waals surface area contributed by atoms with Gasteiger partial charge in [0.1, 0.15) is 0 Å². The number of aromatic nitrogens is 2. The van der Waals surface area contributed by atoms with Crippen LogP contribution < -0.4 is 20.5 Å². The fourth-order valence-corrected chi connectivity index (χ4v) is 3.17. The highest BCUT2D eigenvalue weighted by Gasteiger charge is 2.12. The number of amides is 1. The lowest BCUT2D eigenvalue weighted by atomic mass is 10.2. The van der Waals surface area contributed by atoms with Gasteiger partial charge >= 0.3 is 0 Å². The van der Waals surface area contributed by atoms with Crippen molar-refractivity contribution in [3.8, 4) is 11.5 Å². The average Bonchev–Trinajstić information content (AvgIpc) is 3.09. The Hall–Kier alpha value is -3.33. The molecule has 0 unspecified atom stereocenters. The van der Waals surface area contributed by atoms with Gasteiger partial charge in [-0.2, -0.15) is 5.10 Å². The summed E-state index contributed by atoms with van der Waals surface area (Å²) in [5, 5.41) is 7.16. The van der Waals surface area contributed by atoms with E-state index in [4.69, 9.17) is 15.2 Å². The highest BCUT2D eigenvalue weighted by Crippen LogP contribution is 2.33. The molecule has 3 aromatic rings. The summed E-state index contributed by atoms with van der Waals surface area (Å²) in [6, 6.07) is 13.2. The van der Waals surface area contributed by atoms with Crippen molar-refractivity contribution < 1.29 is 14.3 Å². The molecular weight excluding hydrogens is 462 g/mol. The second kappa shape index (κ2) is 10.6. The van der Waals surface area contributed by atoms with Crippen molar-refractivity contribution in [2.45, 2.75) is 20.4 Å². The van der Waals surface area contributed by atoms with Gasteiger partial charge in [0.25, 0.3) is 5.91 Å². The predicted octanol–water partition coefficient (Wildman–Crippen LogP) is 3.51. The van der Waals surface area contributed by atoms with Crippen molar-refractivity contribution in [1.29, 1.82) is 0 Å². The highest BCUT2D eigenvalue weighted by atomic mass is 79.9. The van der Waals surface area contributed by atoms with Crippen LogP contribution in [0.1, 0.15) is 23.7 Å². The van der Waals surface area contributed by atoms with E-state index in [0.29, 0.717) is 30.6 Å². The molecule has 1 heterocycles. The number of nitrogens with zero attached hydrogens (tertiary/aromatic N) is 3. The summed E-state index contributed by atoms with van der Waals surface area (Å²) < 4.78 is 13.6. The summed E-state index contributed by atoms with van der Waals surface area (Å²) in [5.74, 6) is 1.05. The number of nitrogens with one attached hydrogen (secondary N) is 1. The first-order valence-electron chi connectivity index (χ1n) is 9.72. The highest BCUT2D eigenvalue weighted by molar-refractivity contribution is 9.10. The number of halogens is 1. The van der Waals surface area contributed by atoms with Crippen molar-refractivity contribution in [2.75, 3.05) is 18.9 Å². The van der Waals surface area contributed by atoms with Crippen LogP contribution in [0.5, 0.6) is 11.5 Å². The Morgan fingerprint density at radius 2 is 2.00 bits per heavy atom. The van der Waals surface area contributed by atoms with Gasteiger partial charge < -0.3 is 20.5 Å². The third kappa shape index (κ3) is 6.32. The first kappa shape index (κ1) is 22.4. The van der Waals surface area contributed by atoms with E-state index in [-0.39, 0.29) is 12.5 Å². The van der Waals surface area contributed by atoms with Crippen molar-refractivity contribution >= 4 is 34.0 Å². The van der Waals surface area contributed by atoms with Gasteiger partial charge in [0, 0.05) is 16.6 Å². The minimum Gasteiger partial charge on any atom is -0.490 e. The monoisotopic (exact) mass is 485 g/mol. The van der Waals surface area contributed by atoms with Gasteiger partial charge in [-0.15, -0.1) is 0 Å². The van der Waals surface area contributed by atoms with Gasteiger partial charge in [-0.25, -0.2) is 9.66 Å². The molecular formula is C22H24BrN5O3. The smallest absolute Gasteiger partial charge is 0.258 e. The van der Waals surface area contributed by atoms with Crippen LogP contribution in [0.4, 0.5) is 5.95 Å². The van der Waals surface area contributed by atoms with Gasteiger partial charge in [-0.1, -0.05) is 30.3 Å². The number of anilines is 1. The number of ether oxygens (including phenoxy) is 2. The number of rotatable bonds is 9. The molecule has 3 N–H and O–H groups in total. The van der Waals surface area contributed by atoms with Crippen LogP contribution in [-0.4, -0.2) is 35.0 Å². The van der Waals surface area contributed by atoms with E-state index in [0.717, 1.165) is 21.3 Å². The maximum absolute atomic E-state index is 12.2. The molecule has 0 aliphatic rings. The van der Waals surface area contributed by atoms with Crippen LogP contribution in [-0.2, 0) is 11.3 Å². The van der Waals surface area contributed by atoms with Crippen LogP contribution >= 0.6 is 15.9 Å². The van der Waals surface area contributed by atoms with E-state index < -0.39 is 0 Å². The standard InChI is InChI=1S/C22H24BrN5O3/c1-3-30-19-9-17(12-26-28-13-15(2)27-22(28)24)18(23)10-20(19)31-14-21(29)25-11-16-7-5-4-6-8-16/h4-10,12-13H,3,11,14H2,1-2H3,(H2,24,27)(H,25,29). The van der Waals surface area contributed by atoms with Gasteiger partial charge in [0.2, 0.25) is 5.95 Å². The number of nitrogens with two attached hydrogens (primary N) is 1. The van der Waals surface area contributed by atoms with Gasteiger partial charge in [0.15, 0.2) is 18.1 Å². The van der Waals surface area contributed by atoms with Crippen molar-refractivity contribution in [2.24, 2.45) is 5.10 Å². The molecule has 2 aromatic carbocycles. The largest absolute Gasteiger partial charge is 0.490 e. The Morgan fingerprint density at radius 1 is 1.26 bits per heavy atom. The first-order valence-corrected chi connectivity index (χ1v) is 10.5. The van der Waals surface area contributed by atoms with Gasteiger partial charge in [-0.3, -0.25) is 4.79 Å². The number of imidazole rings is 1. The Morgan fingerprint density at radius 3 is 2.68 bits per heavy atom. The van der Waals surface area contributed by atoms with Crippen LogP contribution in [0.2, 0.25) is 0 Å². The molecule has 0 bridgehead atoms. The molecule has 8 nitrogen and oxygen atoms in total. The van der Waals surface area contributed by atoms with E-state index in [1.165, 1.54) is 4.68 Å². The Kier molecular flexibility index (Phi) is 7.66. The summed E-state index contributed by atoms with van der Waals surface area (Å²) in [4.78, 5) is 16.3. The zero-order valence-corrected chi connectivity index (χ0v) is 18.9. The molecule has 0 saturated heterocycles. The Balaban J connectivity index is 1.68. The number of carbonyl (C=O) groups is 1. The molecule has 3 rings (SSSR count). The second-order valence-corrected chi connectivity index (χ2v) is 7.49. The average molecular weight is 486 g/mol. The van der Waals surface area contributed by atoms with E-state index >= 15 is 0 Å².